The maximum Gasteiger partial charge on any atom is 0.157 e. The van der Waals surface area contributed by atoms with Gasteiger partial charge in [0.1, 0.15) is 0 Å². The van der Waals surface area contributed by atoms with Gasteiger partial charge in [-0.2, -0.15) is 0 Å². The highest BCUT2D eigenvalue weighted by Crippen LogP contribution is 2.14. The standard InChI is InChI=1S/C26H52O3/c1-3-5-7-16-20-24-28-26(29-25-21-17-8-6-4-2)22-18-14-12-10-9-11-13-15-19-23-27/h19,23,26-27H,3-18,20-22,24-25H2,1-2H3/b23-19+. The van der Waals surface area contributed by atoms with Crippen LogP contribution in [0, 0.1) is 0 Å². The molecule has 29 heavy (non-hydrogen) atoms. The van der Waals surface area contributed by atoms with Crippen molar-refractivity contribution in [2.45, 2.75) is 142 Å². The van der Waals surface area contributed by atoms with Crippen molar-refractivity contribution >= 4 is 0 Å². The third kappa shape index (κ3) is 23.6. The van der Waals surface area contributed by atoms with Gasteiger partial charge in [0, 0.05) is 13.2 Å². The minimum Gasteiger partial charge on any atom is -0.516 e. The molecule has 3 heteroatoms. The van der Waals surface area contributed by atoms with Gasteiger partial charge in [-0.25, -0.2) is 0 Å². The van der Waals surface area contributed by atoms with E-state index in [2.05, 4.69) is 13.8 Å². The normalized spacial score (nSPS) is 11.8. The van der Waals surface area contributed by atoms with E-state index in [1.54, 1.807) is 0 Å². The van der Waals surface area contributed by atoms with Crippen molar-refractivity contribution in [2.75, 3.05) is 13.2 Å². The Morgan fingerprint density at radius 1 is 0.586 bits per heavy atom. The van der Waals surface area contributed by atoms with Gasteiger partial charge in [0.15, 0.2) is 6.29 Å². The molecule has 0 unspecified atom stereocenters. The van der Waals surface area contributed by atoms with Crippen LogP contribution in [0.4, 0.5) is 0 Å². The van der Waals surface area contributed by atoms with E-state index in [9.17, 15) is 0 Å². The Labute approximate surface area is 182 Å². The number of hydrogen-bond donors (Lipinski definition) is 1. The van der Waals surface area contributed by atoms with Crippen molar-refractivity contribution < 1.29 is 14.6 Å². The Hall–Kier alpha value is -0.540. The van der Waals surface area contributed by atoms with E-state index in [-0.39, 0.29) is 6.29 Å². The van der Waals surface area contributed by atoms with Crippen LogP contribution in [0.25, 0.3) is 0 Å². The third-order valence-electron chi connectivity index (χ3n) is 5.52. The molecule has 0 bridgehead atoms. The molecule has 0 amide bonds. The summed E-state index contributed by atoms with van der Waals surface area (Å²) in [6.07, 6.45) is 26.8. The molecule has 0 aliphatic carbocycles. The number of allylic oxidation sites excluding steroid dienone is 1. The number of ether oxygens (including phenoxy) is 2. The summed E-state index contributed by atoms with van der Waals surface area (Å²) in [6.45, 7) is 6.23. The molecule has 0 spiro atoms. The molecule has 0 saturated heterocycles. The van der Waals surface area contributed by atoms with Gasteiger partial charge in [0.25, 0.3) is 0 Å². The Bertz CT molecular complexity index is 301. The minimum absolute atomic E-state index is 0.0117. The SMILES string of the molecule is CCCCCCCOC(CCCCCCCCC/C=C/O)OCCCCCCC. The molecule has 0 rings (SSSR count). The molecule has 0 radical (unpaired) electrons. The smallest absolute Gasteiger partial charge is 0.157 e. The molecule has 0 aliphatic heterocycles. The summed E-state index contributed by atoms with van der Waals surface area (Å²) in [7, 11) is 0. The van der Waals surface area contributed by atoms with Gasteiger partial charge < -0.3 is 14.6 Å². The highest BCUT2D eigenvalue weighted by atomic mass is 16.7. The van der Waals surface area contributed by atoms with Gasteiger partial charge >= 0.3 is 0 Å². The second-order valence-corrected chi connectivity index (χ2v) is 8.44. The van der Waals surface area contributed by atoms with Crippen LogP contribution in [-0.2, 0) is 9.47 Å². The largest absolute Gasteiger partial charge is 0.516 e. The van der Waals surface area contributed by atoms with Crippen LogP contribution >= 0.6 is 0 Å². The van der Waals surface area contributed by atoms with E-state index in [4.69, 9.17) is 14.6 Å². The summed E-state index contributed by atoms with van der Waals surface area (Å²) in [4.78, 5) is 0. The van der Waals surface area contributed by atoms with E-state index in [1.165, 1.54) is 109 Å². The van der Waals surface area contributed by atoms with Gasteiger partial charge in [-0.3, -0.25) is 0 Å². The maximum absolute atomic E-state index is 8.61. The topological polar surface area (TPSA) is 38.7 Å². The highest BCUT2D eigenvalue weighted by Gasteiger charge is 2.09. The zero-order valence-corrected chi connectivity index (χ0v) is 19.8. The lowest BCUT2D eigenvalue weighted by atomic mass is 10.1. The minimum atomic E-state index is 0.0117. The van der Waals surface area contributed by atoms with Gasteiger partial charge in [0.05, 0.1) is 6.26 Å². The van der Waals surface area contributed by atoms with Crippen LogP contribution < -0.4 is 0 Å². The first-order valence-electron chi connectivity index (χ1n) is 12.9. The maximum atomic E-state index is 8.61. The number of aliphatic hydroxyl groups is 1. The fourth-order valence-electron chi connectivity index (χ4n) is 3.59. The van der Waals surface area contributed by atoms with E-state index in [0.29, 0.717) is 0 Å². The zero-order valence-electron chi connectivity index (χ0n) is 19.8. The lowest BCUT2D eigenvalue weighted by Gasteiger charge is -2.19. The molecule has 0 aliphatic rings. The molecular formula is C26H52O3. The van der Waals surface area contributed by atoms with Crippen molar-refractivity contribution in [3.63, 3.8) is 0 Å². The van der Waals surface area contributed by atoms with E-state index in [1.807, 2.05) is 6.08 Å². The molecule has 0 saturated carbocycles. The van der Waals surface area contributed by atoms with Crippen molar-refractivity contribution in [1.82, 2.24) is 0 Å². The number of hydrogen-bond acceptors (Lipinski definition) is 3. The van der Waals surface area contributed by atoms with Crippen molar-refractivity contribution in [3.8, 4) is 0 Å². The molecule has 0 aromatic carbocycles. The van der Waals surface area contributed by atoms with Crippen LogP contribution in [0.15, 0.2) is 12.3 Å². The number of rotatable bonds is 24. The van der Waals surface area contributed by atoms with E-state index in [0.717, 1.165) is 32.3 Å². The Morgan fingerprint density at radius 2 is 1.03 bits per heavy atom. The molecule has 3 nitrogen and oxygen atoms in total. The molecule has 174 valence electrons. The summed E-state index contributed by atoms with van der Waals surface area (Å²) < 4.78 is 12.2. The summed E-state index contributed by atoms with van der Waals surface area (Å²) in [5, 5.41) is 8.61. The van der Waals surface area contributed by atoms with Gasteiger partial charge in [-0.1, -0.05) is 103 Å². The molecular weight excluding hydrogens is 360 g/mol. The fourth-order valence-corrected chi connectivity index (χ4v) is 3.59. The molecule has 0 heterocycles. The third-order valence-corrected chi connectivity index (χ3v) is 5.52. The first-order valence-corrected chi connectivity index (χ1v) is 12.9. The van der Waals surface area contributed by atoms with Crippen molar-refractivity contribution in [3.05, 3.63) is 12.3 Å². The average molecular weight is 413 g/mol. The quantitative estimate of drug-likeness (QED) is 0.0977. The van der Waals surface area contributed by atoms with E-state index >= 15 is 0 Å². The Kier molecular flexibility index (Phi) is 25.0. The highest BCUT2D eigenvalue weighted by molar-refractivity contribution is 4.70. The fraction of sp³-hybridized carbons (Fsp3) is 0.923. The lowest BCUT2D eigenvalue weighted by molar-refractivity contribution is -0.148. The predicted octanol–water partition coefficient (Wildman–Crippen LogP) is 8.87. The summed E-state index contributed by atoms with van der Waals surface area (Å²) >= 11 is 0. The second kappa shape index (κ2) is 25.5. The van der Waals surface area contributed by atoms with E-state index < -0.39 is 0 Å². The first kappa shape index (κ1) is 28.5. The molecule has 0 atom stereocenters. The Morgan fingerprint density at radius 3 is 1.55 bits per heavy atom. The van der Waals surface area contributed by atoms with Gasteiger partial charge in [-0.15, -0.1) is 0 Å². The summed E-state index contributed by atoms with van der Waals surface area (Å²) in [6, 6.07) is 0. The summed E-state index contributed by atoms with van der Waals surface area (Å²) in [5.41, 5.74) is 0. The van der Waals surface area contributed by atoms with Crippen LogP contribution in [0.1, 0.15) is 136 Å². The van der Waals surface area contributed by atoms with Gasteiger partial charge in [-0.05, 0) is 38.5 Å². The predicted molar refractivity (Wildman–Crippen MR) is 127 cm³/mol. The van der Waals surface area contributed by atoms with Crippen LogP contribution in [0.3, 0.4) is 0 Å². The Balaban J connectivity index is 3.77. The molecule has 0 aromatic heterocycles. The zero-order chi connectivity index (χ0) is 21.3. The monoisotopic (exact) mass is 412 g/mol. The summed E-state index contributed by atoms with van der Waals surface area (Å²) in [5.74, 6) is 0. The average Bonchev–Trinajstić information content (AvgIpc) is 2.73. The van der Waals surface area contributed by atoms with Gasteiger partial charge in [0.2, 0.25) is 0 Å². The second-order valence-electron chi connectivity index (χ2n) is 8.44. The number of aliphatic hydroxyl groups excluding tert-OH is 1. The lowest BCUT2D eigenvalue weighted by Crippen LogP contribution is -2.19. The molecule has 0 aromatic rings. The van der Waals surface area contributed by atoms with Crippen LogP contribution in [0.5, 0.6) is 0 Å². The number of unbranched alkanes of at least 4 members (excludes halogenated alkanes) is 15. The van der Waals surface area contributed by atoms with Crippen molar-refractivity contribution in [1.29, 1.82) is 0 Å². The van der Waals surface area contributed by atoms with Crippen LogP contribution in [0.2, 0.25) is 0 Å². The van der Waals surface area contributed by atoms with Crippen molar-refractivity contribution in [2.24, 2.45) is 0 Å². The first-order chi connectivity index (χ1) is 14.3. The molecule has 1 N–H and O–H groups in total. The molecule has 0 fully saturated rings. The van der Waals surface area contributed by atoms with Crippen LogP contribution in [-0.4, -0.2) is 24.6 Å².